The molecule has 35 heavy (non-hydrogen) atoms. The number of carboxylic acid groups (broad SMARTS) is 1. The first-order valence-electron chi connectivity index (χ1n) is 16.3. The van der Waals surface area contributed by atoms with Crippen LogP contribution in [-0.2, 0) is 4.79 Å². The van der Waals surface area contributed by atoms with Crippen molar-refractivity contribution in [2.75, 3.05) is 0 Å². The first kappa shape index (κ1) is 34.5. The topological polar surface area (TPSA) is 37.3 Å². The van der Waals surface area contributed by atoms with E-state index in [-0.39, 0.29) is 0 Å². The molecule has 210 valence electrons. The highest BCUT2D eigenvalue weighted by molar-refractivity contribution is 5.74. The number of aliphatic carboxylic acids is 1. The Labute approximate surface area is 221 Å². The summed E-state index contributed by atoms with van der Waals surface area (Å²) in [6.07, 6.45) is 33.0. The molecule has 2 unspecified atom stereocenters. The molecular formula is C33H66O2. The van der Waals surface area contributed by atoms with E-state index in [1.54, 1.807) is 0 Å². The second-order valence-electron chi connectivity index (χ2n) is 11.9. The van der Waals surface area contributed by atoms with Gasteiger partial charge in [-0.3, -0.25) is 4.79 Å². The molecule has 0 fully saturated rings. The number of hydrogen-bond acceptors (Lipinski definition) is 1. The van der Waals surface area contributed by atoms with Crippen LogP contribution in [0.2, 0.25) is 0 Å². The summed E-state index contributed by atoms with van der Waals surface area (Å²) >= 11 is 0. The third-order valence-corrected chi connectivity index (χ3v) is 8.26. The molecule has 0 aromatic heterocycles. The van der Waals surface area contributed by atoms with Gasteiger partial charge >= 0.3 is 5.97 Å². The maximum Gasteiger partial charge on any atom is 0.309 e. The van der Waals surface area contributed by atoms with Crippen molar-refractivity contribution in [3.63, 3.8) is 0 Å². The normalized spacial score (nSPS) is 14.2. The first-order chi connectivity index (χ1) is 17.0. The molecule has 0 radical (unpaired) electrons. The van der Waals surface area contributed by atoms with Crippen LogP contribution in [0.3, 0.4) is 0 Å². The zero-order valence-electron chi connectivity index (χ0n) is 24.8. The highest BCUT2D eigenvalue weighted by atomic mass is 16.4. The van der Waals surface area contributed by atoms with E-state index >= 15 is 0 Å². The van der Waals surface area contributed by atoms with E-state index in [9.17, 15) is 9.90 Å². The van der Waals surface area contributed by atoms with E-state index in [1.165, 1.54) is 128 Å². The van der Waals surface area contributed by atoms with Crippen molar-refractivity contribution in [1.29, 1.82) is 0 Å². The van der Waals surface area contributed by atoms with Crippen molar-refractivity contribution in [2.45, 2.75) is 195 Å². The molecule has 0 amide bonds. The number of carboxylic acids is 1. The Kier molecular flexibility index (Phi) is 24.8. The standard InChI is InChI=1S/C33H66O2/c1-5-8-11-13-14-15-16-17-18-19-20-21-22-23-24-26-29-33(32(34)35,28-10-7-3)30-31(4)27-25-12-9-6-2/h31H,5-30H2,1-4H3,(H,34,35). The molecule has 0 heterocycles. The minimum Gasteiger partial charge on any atom is -0.481 e. The minimum atomic E-state index is -0.521. The predicted octanol–water partition coefficient (Wildman–Crippen LogP) is 11.9. The van der Waals surface area contributed by atoms with Crippen molar-refractivity contribution < 1.29 is 9.90 Å². The molecule has 1 N–H and O–H groups in total. The van der Waals surface area contributed by atoms with Crippen LogP contribution in [0, 0.1) is 11.3 Å². The molecule has 0 rings (SSSR count). The minimum absolute atomic E-state index is 0.476. The van der Waals surface area contributed by atoms with Crippen molar-refractivity contribution in [1.82, 2.24) is 0 Å². The fourth-order valence-corrected chi connectivity index (χ4v) is 5.85. The summed E-state index contributed by atoms with van der Waals surface area (Å²) < 4.78 is 0. The third kappa shape index (κ3) is 20.2. The van der Waals surface area contributed by atoms with Gasteiger partial charge in [-0.05, 0) is 25.2 Å². The van der Waals surface area contributed by atoms with Crippen LogP contribution < -0.4 is 0 Å². The number of rotatable bonds is 28. The fourth-order valence-electron chi connectivity index (χ4n) is 5.85. The first-order valence-corrected chi connectivity index (χ1v) is 16.3. The van der Waals surface area contributed by atoms with Crippen molar-refractivity contribution in [3.05, 3.63) is 0 Å². The van der Waals surface area contributed by atoms with E-state index in [2.05, 4.69) is 27.7 Å². The quantitative estimate of drug-likeness (QED) is 0.110. The lowest BCUT2D eigenvalue weighted by molar-refractivity contribution is -0.151. The van der Waals surface area contributed by atoms with Crippen LogP contribution >= 0.6 is 0 Å². The smallest absolute Gasteiger partial charge is 0.309 e. The fraction of sp³-hybridized carbons (Fsp3) is 0.970. The number of unbranched alkanes of at least 4 members (excludes halogenated alkanes) is 19. The number of hydrogen-bond donors (Lipinski definition) is 1. The van der Waals surface area contributed by atoms with E-state index < -0.39 is 11.4 Å². The van der Waals surface area contributed by atoms with Gasteiger partial charge in [-0.1, -0.05) is 175 Å². The van der Waals surface area contributed by atoms with Crippen LogP contribution in [0.5, 0.6) is 0 Å². The van der Waals surface area contributed by atoms with Gasteiger partial charge < -0.3 is 5.11 Å². The van der Waals surface area contributed by atoms with Gasteiger partial charge in [0, 0.05) is 0 Å². The summed E-state index contributed by atoms with van der Waals surface area (Å²) in [4.78, 5) is 12.4. The Hall–Kier alpha value is -0.530. The van der Waals surface area contributed by atoms with Crippen molar-refractivity contribution >= 4 is 5.97 Å². The lowest BCUT2D eigenvalue weighted by Crippen LogP contribution is -2.33. The molecule has 0 saturated heterocycles. The molecule has 0 aliphatic rings. The summed E-state index contributed by atoms with van der Waals surface area (Å²) in [5, 5.41) is 10.2. The summed E-state index contributed by atoms with van der Waals surface area (Å²) in [6.45, 7) is 9.02. The molecule has 0 aliphatic heterocycles. The highest BCUT2D eigenvalue weighted by Gasteiger charge is 2.38. The zero-order valence-corrected chi connectivity index (χ0v) is 24.8. The average molecular weight is 495 g/mol. The van der Waals surface area contributed by atoms with Gasteiger partial charge in [0.05, 0.1) is 5.41 Å². The second kappa shape index (κ2) is 25.1. The molecule has 0 aromatic rings. The van der Waals surface area contributed by atoms with E-state index in [0.717, 1.165) is 38.5 Å². The van der Waals surface area contributed by atoms with Crippen LogP contribution in [0.4, 0.5) is 0 Å². The molecule has 0 saturated carbocycles. The summed E-state index contributed by atoms with van der Waals surface area (Å²) in [5.74, 6) is 0.00758. The molecule has 2 heteroatoms. The molecule has 0 spiro atoms. The summed E-state index contributed by atoms with van der Waals surface area (Å²) in [5.41, 5.74) is -0.476. The summed E-state index contributed by atoms with van der Waals surface area (Å²) in [7, 11) is 0. The van der Waals surface area contributed by atoms with Gasteiger partial charge in [0.15, 0.2) is 0 Å². The lowest BCUT2D eigenvalue weighted by Gasteiger charge is -2.32. The molecule has 0 aromatic carbocycles. The molecule has 0 bridgehead atoms. The Morgan fingerprint density at radius 3 is 1.29 bits per heavy atom. The predicted molar refractivity (Wildman–Crippen MR) is 156 cm³/mol. The second-order valence-corrected chi connectivity index (χ2v) is 11.9. The highest BCUT2D eigenvalue weighted by Crippen LogP contribution is 2.39. The molecule has 2 nitrogen and oxygen atoms in total. The average Bonchev–Trinajstić information content (AvgIpc) is 2.84. The maximum absolute atomic E-state index is 12.4. The van der Waals surface area contributed by atoms with Gasteiger partial charge in [-0.2, -0.15) is 0 Å². The van der Waals surface area contributed by atoms with Gasteiger partial charge in [0.2, 0.25) is 0 Å². The molecule has 2 atom stereocenters. The Morgan fingerprint density at radius 1 is 0.543 bits per heavy atom. The SMILES string of the molecule is CCCCCCCCCCCCCCCCCCC(CCCC)(CC(C)CCCCCC)C(=O)O. The largest absolute Gasteiger partial charge is 0.481 e. The lowest BCUT2D eigenvalue weighted by atomic mass is 9.71. The Morgan fingerprint density at radius 2 is 0.886 bits per heavy atom. The van der Waals surface area contributed by atoms with Crippen molar-refractivity contribution in [2.24, 2.45) is 11.3 Å². The van der Waals surface area contributed by atoms with Crippen LogP contribution in [0.1, 0.15) is 195 Å². The number of carbonyl (C=O) groups is 1. The zero-order chi connectivity index (χ0) is 26.0. The van der Waals surface area contributed by atoms with Crippen molar-refractivity contribution in [3.8, 4) is 0 Å². The van der Waals surface area contributed by atoms with Gasteiger partial charge in [-0.15, -0.1) is 0 Å². The van der Waals surface area contributed by atoms with E-state index in [1.807, 2.05) is 0 Å². The van der Waals surface area contributed by atoms with Crippen LogP contribution in [0.25, 0.3) is 0 Å². The van der Waals surface area contributed by atoms with E-state index in [0.29, 0.717) is 5.92 Å². The molecular weight excluding hydrogens is 428 g/mol. The van der Waals surface area contributed by atoms with Crippen LogP contribution in [-0.4, -0.2) is 11.1 Å². The molecule has 0 aliphatic carbocycles. The van der Waals surface area contributed by atoms with Gasteiger partial charge in [0.1, 0.15) is 0 Å². The Balaban J connectivity index is 3.99. The third-order valence-electron chi connectivity index (χ3n) is 8.26. The van der Waals surface area contributed by atoms with Crippen LogP contribution in [0.15, 0.2) is 0 Å². The van der Waals surface area contributed by atoms with E-state index in [4.69, 9.17) is 0 Å². The Bertz CT molecular complexity index is 446. The summed E-state index contributed by atoms with van der Waals surface area (Å²) in [6, 6.07) is 0. The maximum atomic E-state index is 12.4. The van der Waals surface area contributed by atoms with Gasteiger partial charge in [0.25, 0.3) is 0 Å². The monoisotopic (exact) mass is 495 g/mol. The van der Waals surface area contributed by atoms with Gasteiger partial charge in [-0.25, -0.2) is 0 Å².